The lowest BCUT2D eigenvalue weighted by atomic mass is 9.93. The van der Waals surface area contributed by atoms with Gasteiger partial charge in [-0.1, -0.05) is 13.8 Å². The molecule has 0 aliphatic rings. The third-order valence-corrected chi connectivity index (χ3v) is 2.34. The summed E-state index contributed by atoms with van der Waals surface area (Å²) < 4.78 is 18.2. The average molecular weight is 240 g/mol. The highest BCUT2D eigenvalue weighted by Crippen LogP contribution is 2.31. The van der Waals surface area contributed by atoms with Crippen LogP contribution >= 0.6 is 0 Å². The number of aliphatic carboxylic acids is 1. The number of carbonyl (C=O) groups is 2. The van der Waals surface area contributed by atoms with Gasteiger partial charge in [0.2, 0.25) is 0 Å². The lowest BCUT2D eigenvalue weighted by molar-refractivity contribution is -0.131. The molecule has 0 radical (unpaired) electrons. The maximum atomic E-state index is 13.3. The Kier molecular flexibility index (Phi) is 3.83. The summed E-state index contributed by atoms with van der Waals surface area (Å²) in [7, 11) is 1.34. The van der Waals surface area contributed by atoms with Gasteiger partial charge in [-0.3, -0.25) is 4.79 Å². The van der Waals surface area contributed by atoms with Gasteiger partial charge in [0, 0.05) is 17.2 Å². The van der Waals surface area contributed by atoms with Gasteiger partial charge in [-0.2, -0.15) is 0 Å². The van der Waals surface area contributed by atoms with Crippen molar-refractivity contribution in [3.8, 4) is 5.75 Å². The van der Waals surface area contributed by atoms with Crippen molar-refractivity contribution >= 4 is 11.8 Å². The number of benzene rings is 1. The Balaban J connectivity index is 3.51. The number of carboxylic acids is 1. The van der Waals surface area contributed by atoms with E-state index in [4.69, 9.17) is 9.84 Å². The minimum Gasteiger partial charge on any atom is -0.496 e. The predicted molar refractivity (Wildman–Crippen MR) is 59.0 cm³/mol. The van der Waals surface area contributed by atoms with Crippen molar-refractivity contribution in [2.75, 3.05) is 7.11 Å². The fourth-order valence-electron chi connectivity index (χ4n) is 1.66. The van der Waals surface area contributed by atoms with Gasteiger partial charge in [-0.05, 0) is 12.0 Å². The number of ether oxygens (including phenoxy) is 1. The molecule has 0 saturated carbocycles. The van der Waals surface area contributed by atoms with E-state index in [-0.39, 0.29) is 17.2 Å². The Morgan fingerprint density at radius 3 is 2.35 bits per heavy atom. The molecule has 0 bridgehead atoms. The zero-order chi connectivity index (χ0) is 13.2. The first-order valence-electron chi connectivity index (χ1n) is 5.03. The molecule has 1 aromatic rings. The van der Waals surface area contributed by atoms with E-state index in [1.807, 2.05) is 0 Å². The van der Waals surface area contributed by atoms with Crippen LogP contribution in [0.4, 0.5) is 4.39 Å². The topological polar surface area (TPSA) is 63.6 Å². The van der Waals surface area contributed by atoms with Gasteiger partial charge in [-0.25, -0.2) is 9.18 Å². The summed E-state index contributed by atoms with van der Waals surface area (Å²) >= 11 is 0. The van der Waals surface area contributed by atoms with E-state index < -0.39 is 17.6 Å². The molecule has 0 unspecified atom stereocenters. The van der Waals surface area contributed by atoms with Crippen LogP contribution in [0.25, 0.3) is 0 Å². The number of hydrogen-bond donors (Lipinski definition) is 1. The minimum absolute atomic E-state index is 0.149. The van der Waals surface area contributed by atoms with Crippen LogP contribution in [0.5, 0.6) is 5.75 Å². The van der Waals surface area contributed by atoms with Gasteiger partial charge >= 0.3 is 5.97 Å². The molecule has 1 rings (SSSR count). The van der Waals surface area contributed by atoms with E-state index in [1.54, 1.807) is 13.8 Å². The van der Waals surface area contributed by atoms with Crippen molar-refractivity contribution < 1.29 is 23.8 Å². The molecule has 4 nitrogen and oxygen atoms in total. The van der Waals surface area contributed by atoms with Gasteiger partial charge in [-0.15, -0.1) is 0 Å². The Bertz CT molecular complexity index is 466. The van der Waals surface area contributed by atoms with Crippen molar-refractivity contribution in [2.24, 2.45) is 0 Å². The number of hydrogen-bond acceptors (Lipinski definition) is 3. The lowest BCUT2D eigenvalue weighted by Crippen LogP contribution is -2.16. The van der Waals surface area contributed by atoms with E-state index in [9.17, 15) is 14.0 Å². The first-order chi connectivity index (χ1) is 7.88. The van der Waals surface area contributed by atoms with Crippen LogP contribution < -0.4 is 4.74 Å². The highest BCUT2D eigenvalue weighted by Gasteiger charge is 2.24. The van der Waals surface area contributed by atoms with Gasteiger partial charge in [0.1, 0.15) is 11.6 Å². The van der Waals surface area contributed by atoms with Crippen molar-refractivity contribution in [3.63, 3.8) is 0 Å². The fraction of sp³-hybridized carbons (Fsp3) is 0.333. The first-order valence-corrected chi connectivity index (χ1v) is 5.03. The molecule has 17 heavy (non-hydrogen) atoms. The van der Waals surface area contributed by atoms with E-state index in [2.05, 4.69) is 0 Å². The number of Topliss-reactive ketones (excluding diaryl/α,β-unsaturated/α-hetero) is 1. The molecule has 0 spiro atoms. The summed E-state index contributed by atoms with van der Waals surface area (Å²) in [6, 6.07) is 2.06. The van der Waals surface area contributed by atoms with Crippen molar-refractivity contribution in [3.05, 3.63) is 29.1 Å². The Hall–Kier alpha value is -1.91. The molecule has 5 heteroatoms. The maximum absolute atomic E-state index is 13.3. The monoisotopic (exact) mass is 240 g/mol. The third-order valence-electron chi connectivity index (χ3n) is 2.34. The summed E-state index contributed by atoms with van der Waals surface area (Å²) in [5, 5.41) is 8.68. The Labute approximate surface area is 98.0 Å². The largest absolute Gasteiger partial charge is 0.496 e. The second kappa shape index (κ2) is 4.95. The van der Waals surface area contributed by atoms with Gasteiger partial charge in [0.15, 0.2) is 0 Å². The zero-order valence-corrected chi connectivity index (χ0v) is 9.78. The number of rotatable bonds is 4. The zero-order valence-electron chi connectivity index (χ0n) is 9.78. The maximum Gasteiger partial charge on any atom is 0.377 e. The summed E-state index contributed by atoms with van der Waals surface area (Å²) in [6.45, 7) is 3.54. The SMILES string of the molecule is COc1cc(F)cc(C(=O)C(=O)O)c1C(C)C. The highest BCUT2D eigenvalue weighted by molar-refractivity contribution is 6.40. The summed E-state index contributed by atoms with van der Waals surface area (Å²) in [5.74, 6) is -3.41. The van der Waals surface area contributed by atoms with Crippen LogP contribution in [0.15, 0.2) is 12.1 Å². The molecule has 0 aliphatic carbocycles. The quantitative estimate of drug-likeness (QED) is 0.647. The van der Waals surface area contributed by atoms with Crippen LogP contribution in [-0.2, 0) is 4.79 Å². The molecule has 0 aliphatic heterocycles. The molecule has 0 aromatic heterocycles. The summed E-state index contributed by atoms with van der Waals surface area (Å²) in [5.41, 5.74) is 0.241. The van der Waals surface area contributed by atoms with Crippen molar-refractivity contribution in [1.29, 1.82) is 0 Å². The second-order valence-electron chi connectivity index (χ2n) is 3.86. The van der Waals surface area contributed by atoms with E-state index in [1.165, 1.54) is 7.11 Å². The van der Waals surface area contributed by atoms with Crippen LogP contribution in [0.3, 0.4) is 0 Å². The fourth-order valence-corrected chi connectivity index (χ4v) is 1.66. The molecule has 0 amide bonds. The van der Waals surface area contributed by atoms with E-state index >= 15 is 0 Å². The van der Waals surface area contributed by atoms with Crippen LogP contribution in [0.1, 0.15) is 35.7 Å². The second-order valence-corrected chi connectivity index (χ2v) is 3.86. The smallest absolute Gasteiger partial charge is 0.377 e. The number of carbonyl (C=O) groups excluding carboxylic acids is 1. The molecule has 1 aromatic carbocycles. The molecule has 0 atom stereocenters. The number of halogens is 1. The number of carboxylic acid groups (broad SMARTS) is 1. The van der Waals surface area contributed by atoms with Gasteiger partial charge in [0.25, 0.3) is 5.78 Å². The molecule has 1 N–H and O–H groups in total. The molecule has 0 fully saturated rings. The Morgan fingerprint density at radius 2 is 1.94 bits per heavy atom. The van der Waals surface area contributed by atoms with E-state index in [0.29, 0.717) is 5.56 Å². The van der Waals surface area contributed by atoms with E-state index in [0.717, 1.165) is 12.1 Å². The average Bonchev–Trinajstić information content (AvgIpc) is 2.25. The summed E-state index contributed by atoms with van der Waals surface area (Å²) in [4.78, 5) is 22.1. The van der Waals surface area contributed by atoms with Crippen LogP contribution in [-0.4, -0.2) is 24.0 Å². The third kappa shape index (κ3) is 2.61. The van der Waals surface area contributed by atoms with Crippen LogP contribution in [0, 0.1) is 5.82 Å². The molecule has 0 heterocycles. The number of methoxy groups -OCH3 is 1. The minimum atomic E-state index is -1.61. The predicted octanol–water partition coefficient (Wildman–Crippen LogP) is 2.23. The van der Waals surface area contributed by atoms with Crippen molar-refractivity contribution in [2.45, 2.75) is 19.8 Å². The molecule has 0 saturated heterocycles. The standard InChI is InChI=1S/C12H13FO4/c1-6(2)10-8(11(14)12(15)16)4-7(13)5-9(10)17-3/h4-6H,1-3H3,(H,15,16). The van der Waals surface area contributed by atoms with Gasteiger partial charge < -0.3 is 9.84 Å². The molecular weight excluding hydrogens is 227 g/mol. The molecular formula is C12H13FO4. The summed E-state index contributed by atoms with van der Waals surface area (Å²) in [6.07, 6.45) is 0. The van der Waals surface area contributed by atoms with Crippen LogP contribution in [0.2, 0.25) is 0 Å². The van der Waals surface area contributed by atoms with Gasteiger partial charge in [0.05, 0.1) is 7.11 Å². The first kappa shape index (κ1) is 13.2. The Morgan fingerprint density at radius 1 is 1.35 bits per heavy atom. The normalized spacial score (nSPS) is 10.4. The van der Waals surface area contributed by atoms with Crippen molar-refractivity contribution in [1.82, 2.24) is 0 Å². The molecule has 92 valence electrons. The highest BCUT2D eigenvalue weighted by atomic mass is 19.1. The number of ketones is 1. The lowest BCUT2D eigenvalue weighted by Gasteiger charge is -2.15.